The van der Waals surface area contributed by atoms with Crippen LogP contribution in [0.3, 0.4) is 0 Å². The van der Waals surface area contributed by atoms with Crippen molar-refractivity contribution in [3.63, 3.8) is 0 Å². The van der Waals surface area contributed by atoms with Crippen LogP contribution in [0.5, 0.6) is 0 Å². The molecule has 2 amide bonds. The maximum Gasteiger partial charge on any atom is 0.319 e. The van der Waals surface area contributed by atoms with Crippen molar-refractivity contribution in [2.75, 3.05) is 11.9 Å². The molecule has 0 saturated heterocycles. The third kappa shape index (κ3) is 4.13. The molecule has 0 heterocycles. The highest BCUT2D eigenvalue weighted by Crippen LogP contribution is 2.08. The number of aliphatic hydroxyl groups is 1. The van der Waals surface area contributed by atoms with Gasteiger partial charge in [-0.1, -0.05) is 6.92 Å². The van der Waals surface area contributed by atoms with Crippen LogP contribution in [0.2, 0.25) is 0 Å². The second-order valence-corrected chi connectivity index (χ2v) is 3.58. The number of urea groups is 1. The smallest absolute Gasteiger partial charge is 0.319 e. The highest BCUT2D eigenvalue weighted by atomic mass is 16.3. The van der Waals surface area contributed by atoms with E-state index in [9.17, 15) is 4.79 Å². The first-order valence-electron chi connectivity index (χ1n) is 5.38. The van der Waals surface area contributed by atoms with Crippen molar-refractivity contribution in [3.05, 3.63) is 29.8 Å². The number of carbonyl (C=O) groups is 1. The van der Waals surface area contributed by atoms with Crippen molar-refractivity contribution in [2.45, 2.75) is 19.4 Å². The highest BCUT2D eigenvalue weighted by molar-refractivity contribution is 5.89. The number of nitriles is 1. The van der Waals surface area contributed by atoms with Gasteiger partial charge in [0, 0.05) is 5.69 Å². The summed E-state index contributed by atoms with van der Waals surface area (Å²) in [5.74, 6) is 0. The van der Waals surface area contributed by atoms with Crippen LogP contribution in [0.4, 0.5) is 10.5 Å². The minimum atomic E-state index is -0.365. The minimum Gasteiger partial charge on any atom is -0.394 e. The summed E-state index contributed by atoms with van der Waals surface area (Å²) >= 11 is 0. The van der Waals surface area contributed by atoms with E-state index in [-0.39, 0.29) is 18.7 Å². The van der Waals surface area contributed by atoms with Gasteiger partial charge in [-0.3, -0.25) is 0 Å². The Morgan fingerprint density at radius 3 is 2.59 bits per heavy atom. The van der Waals surface area contributed by atoms with Gasteiger partial charge in [0.1, 0.15) is 0 Å². The van der Waals surface area contributed by atoms with Crippen LogP contribution in [0, 0.1) is 11.3 Å². The van der Waals surface area contributed by atoms with E-state index in [1.54, 1.807) is 24.3 Å². The van der Waals surface area contributed by atoms with Crippen LogP contribution >= 0.6 is 0 Å². The Balaban J connectivity index is 2.53. The molecule has 1 atom stereocenters. The van der Waals surface area contributed by atoms with Gasteiger partial charge in [0.15, 0.2) is 0 Å². The van der Waals surface area contributed by atoms with Gasteiger partial charge < -0.3 is 15.7 Å². The fraction of sp³-hybridized carbons (Fsp3) is 0.333. The molecule has 0 unspecified atom stereocenters. The van der Waals surface area contributed by atoms with Gasteiger partial charge in [0.05, 0.1) is 24.3 Å². The molecule has 1 aromatic rings. The summed E-state index contributed by atoms with van der Waals surface area (Å²) in [6, 6.07) is 7.94. The van der Waals surface area contributed by atoms with Crippen molar-refractivity contribution in [1.29, 1.82) is 5.26 Å². The van der Waals surface area contributed by atoms with Gasteiger partial charge in [-0.2, -0.15) is 5.26 Å². The summed E-state index contributed by atoms with van der Waals surface area (Å²) < 4.78 is 0. The highest BCUT2D eigenvalue weighted by Gasteiger charge is 2.08. The fourth-order valence-corrected chi connectivity index (χ4v) is 1.26. The van der Waals surface area contributed by atoms with Crippen molar-refractivity contribution < 1.29 is 9.90 Å². The second kappa shape index (κ2) is 6.51. The molecule has 0 spiro atoms. The zero-order valence-electron chi connectivity index (χ0n) is 9.60. The molecular formula is C12H15N3O2. The predicted octanol–water partition coefficient (Wildman–Crippen LogP) is 1.45. The number of hydrogen-bond acceptors (Lipinski definition) is 3. The van der Waals surface area contributed by atoms with E-state index in [0.717, 1.165) is 0 Å². The topological polar surface area (TPSA) is 85.2 Å². The third-order valence-corrected chi connectivity index (χ3v) is 2.32. The fourth-order valence-electron chi connectivity index (χ4n) is 1.26. The average molecular weight is 233 g/mol. The van der Waals surface area contributed by atoms with Crippen LogP contribution < -0.4 is 10.6 Å². The lowest BCUT2D eigenvalue weighted by Gasteiger charge is -2.14. The summed E-state index contributed by atoms with van der Waals surface area (Å²) in [6.07, 6.45) is 0.664. The lowest BCUT2D eigenvalue weighted by Crippen LogP contribution is -2.39. The first-order chi connectivity index (χ1) is 8.19. The number of rotatable bonds is 4. The minimum absolute atomic E-state index is 0.0860. The standard InChI is InChI=1S/C12H15N3O2/c1-2-10(8-16)14-12(17)15-11-5-3-9(7-13)4-6-11/h3-6,10,16H,2,8H2,1H3,(H2,14,15,17)/t10-/m1/s1. The molecule has 0 aromatic heterocycles. The van der Waals surface area contributed by atoms with Crippen LogP contribution in [-0.4, -0.2) is 23.8 Å². The zero-order valence-corrected chi connectivity index (χ0v) is 9.60. The number of benzene rings is 1. The number of anilines is 1. The van der Waals surface area contributed by atoms with E-state index in [2.05, 4.69) is 10.6 Å². The Kier molecular flexibility index (Phi) is 4.98. The summed E-state index contributed by atoms with van der Waals surface area (Å²) in [7, 11) is 0. The maximum absolute atomic E-state index is 11.5. The zero-order chi connectivity index (χ0) is 12.7. The number of aliphatic hydroxyl groups excluding tert-OH is 1. The molecule has 0 aliphatic carbocycles. The van der Waals surface area contributed by atoms with E-state index >= 15 is 0 Å². The molecule has 0 radical (unpaired) electrons. The molecule has 0 saturated carbocycles. The maximum atomic E-state index is 11.5. The lowest BCUT2D eigenvalue weighted by molar-refractivity contribution is 0.222. The molecule has 90 valence electrons. The second-order valence-electron chi connectivity index (χ2n) is 3.58. The predicted molar refractivity (Wildman–Crippen MR) is 64.5 cm³/mol. The molecular weight excluding hydrogens is 218 g/mol. The Labute approximate surface area is 100 Å². The number of amides is 2. The SMILES string of the molecule is CC[C@H](CO)NC(=O)Nc1ccc(C#N)cc1. The normalized spacial score (nSPS) is 11.4. The molecule has 0 aliphatic heterocycles. The van der Waals surface area contributed by atoms with Crippen molar-refractivity contribution in [3.8, 4) is 6.07 Å². The number of carbonyl (C=O) groups excluding carboxylic acids is 1. The van der Waals surface area contributed by atoms with E-state index in [4.69, 9.17) is 10.4 Å². The molecule has 3 N–H and O–H groups in total. The van der Waals surface area contributed by atoms with Crippen LogP contribution in [0.1, 0.15) is 18.9 Å². The van der Waals surface area contributed by atoms with Gasteiger partial charge in [-0.15, -0.1) is 0 Å². The van der Waals surface area contributed by atoms with Gasteiger partial charge in [0.25, 0.3) is 0 Å². The Bertz CT molecular complexity index is 405. The Hall–Kier alpha value is -2.06. The largest absolute Gasteiger partial charge is 0.394 e. The summed E-state index contributed by atoms with van der Waals surface area (Å²) in [5.41, 5.74) is 1.15. The molecule has 0 aliphatic rings. The van der Waals surface area contributed by atoms with Crippen LogP contribution in [-0.2, 0) is 0 Å². The first kappa shape index (κ1) is 13.0. The number of hydrogen-bond donors (Lipinski definition) is 3. The lowest BCUT2D eigenvalue weighted by atomic mass is 10.2. The monoisotopic (exact) mass is 233 g/mol. The summed E-state index contributed by atoms with van der Waals surface area (Å²) in [6.45, 7) is 1.79. The van der Waals surface area contributed by atoms with E-state index < -0.39 is 0 Å². The van der Waals surface area contributed by atoms with Crippen molar-refractivity contribution >= 4 is 11.7 Å². The van der Waals surface area contributed by atoms with E-state index in [1.165, 1.54) is 0 Å². The van der Waals surface area contributed by atoms with Crippen molar-refractivity contribution in [1.82, 2.24) is 5.32 Å². The van der Waals surface area contributed by atoms with Crippen LogP contribution in [0.15, 0.2) is 24.3 Å². The molecule has 0 bridgehead atoms. The van der Waals surface area contributed by atoms with E-state index in [1.807, 2.05) is 13.0 Å². The quantitative estimate of drug-likeness (QED) is 0.735. The van der Waals surface area contributed by atoms with Crippen molar-refractivity contribution in [2.24, 2.45) is 0 Å². The van der Waals surface area contributed by atoms with Gasteiger partial charge >= 0.3 is 6.03 Å². The molecule has 1 rings (SSSR count). The molecule has 1 aromatic carbocycles. The first-order valence-corrected chi connectivity index (χ1v) is 5.38. The van der Waals surface area contributed by atoms with E-state index in [0.29, 0.717) is 17.7 Å². The average Bonchev–Trinajstić information content (AvgIpc) is 2.37. The van der Waals surface area contributed by atoms with Gasteiger partial charge in [0.2, 0.25) is 0 Å². The third-order valence-electron chi connectivity index (χ3n) is 2.32. The summed E-state index contributed by atoms with van der Waals surface area (Å²) in [4.78, 5) is 11.5. The Morgan fingerprint density at radius 2 is 2.12 bits per heavy atom. The van der Waals surface area contributed by atoms with Gasteiger partial charge in [-0.25, -0.2) is 4.79 Å². The molecule has 17 heavy (non-hydrogen) atoms. The summed E-state index contributed by atoms with van der Waals surface area (Å²) in [5, 5.41) is 22.8. The van der Waals surface area contributed by atoms with Gasteiger partial charge in [-0.05, 0) is 30.7 Å². The molecule has 5 nitrogen and oxygen atoms in total. The Morgan fingerprint density at radius 1 is 1.47 bits per heavy atom. The number of nitrogens with zero attached hydrogens (tertiary/aromatic N) is 1. The number of nitrogens with one attached hydrogen (secondary N) is 2. The molecule has 0 fully saturated rings. The van der Waals surface area contributed by atoms with Crippen LogP contribution in [0.25, 0.3) is 0 Å². The molecule has 5 heteroatoms.